The summed E-state index contributed by atoms with van der Waals surface area (Å²) < 4.78 is 9.97. The number of ether oxygens (including phenoxy) is 1. The van der Waals surface area contributed by atoms with E-state index in [0.29, 0.717) is 0 Å². The molecule has 1 amide bonds. The lowest BCUT2D eigenvalue weighted by atomic mass is 10.2. The molecular formula is C17H12N2O6. The fourth-order valence-electron chi connectivity index (χ4n) is 2.29. The minimum atomic E-state index is -1.15. The molecule has 0 saturated carbocycles. The van der Waals surface area contributed by atoms with Gasteiger partial charge in [0.2, 0.25) is 0 Å². The van der Waals surface area contributed by atoms with E-state index in [4.69, 9.17) is 9.15 Å². The Hall–Kier alpha value is -3.68. The van der Waals surface area contributed by atoms with Crippen molar-refractivity contribution in [3.63, 3.8) is 0 Å². The minimum Gasteiger partial charge on any atom is -0.444 e. The zero-order valence-electron chi connectivity index (χ0n) is 12.8. The molecule has 0 spiro atoms. The van der Waals surface area contributed by atoms with Crippen molar-refractivity contribution >= 4 is 28.4 Å². The predicted molar refractivity (Wildman–Crippen MR) is 89.4 cm³/mol. The van der Waals surface area contributed by atoms with Gasteiger partial charge in [-0.3, -0.25) is 15.4 Å². The van der Waals surface area contributed by atoms with Crippen LogP contribution in [0.1, 0.15) is 5.56 Å². The van der Waals surface area contributed by atoms with Crippen LogP contribution in [0.5, 0.6) is 0 Å². The summed E-state index contributed by atoms with van der Waals surface area (Å²) in [4.78, 5) is 34.2. The molecule has 0 fully saturated rings. The van der Waals surface area contributed by atoms with E-state index in [0.717, 1.165) is 5.56 Å². The first-order valence-electron chi connectivity index (χ1n) is 7.24. The van der Waals surface area contributed by atoms with Crippen LogP contribution in [-0.2, 0) is 11.3 Å². The molecular weight excluding hydrogens is 328 g/mol. The van der Waals surface area contributed by atoms with Crippen molar-refractivity contribution in [2.24, 2.45) is 0 Å². The summed E-state index contributed by atoms with van der Waals surface area (Å²) in [5.74, 6) is 0. The highest BCUT2D eigenvalue weighted by atomic mass is 16.6. The molecule has 0 aliphatic carbocycles. The number of nitrogens with zero attached hydrogens (tertiary/aromatic N) is 1. The van der Waals surface area contributed by atoms with Gasteiger partial charge in [0.25, 0.3) is 0 Å². The molecule has 3 rings (SSSR count). The number of carbonyl (C=O) groups excluding carboxylic acids is 1. The topological polar surface area (TPSA) is 112 Å². The summed E-state index contributed by atoms with van der Waals surface area (Å²) in [5.41, 5.74) is -1.38. The summed E-state index contributed by atoms with van der Waals surface area (Å²) in [5, 5.41) is 13.7. The van der Waals surface area contributed by atoms with Crippen LogP contribution in [0.25, 0.3) is 11.0 Å². The molecule has 3 aromatic rings. The lowest BCUT2D eigenvalue weighted by Gasteiger charge is -2.09. The fourth-order valence-corrected chi connectivity index (χ4v) is 2.29. The first-order valence-corrected chi connectivity index (χ1v) is 7.24. The van der Waals surface area contributed by atoms with Crippen LogP contribution in [0, 0.1) is 10.1 Å². The molecule has 8 nitrogen and oxygen atoms in total. The number of carbonyl (C=O) groups is 1. The van der Waals surface area contributed by atoms with Crippen molar-refractivity contribution in [3.8, 4) is 0 Å². The van der Waals surface area contributed by atoms with Crippen molar-refractivity contribution < 1.29 is 18.9 Å². The number of amides is 1. The van der Waals surface area contributed by atoms with Crippen molar-refractivity contribution in [2.75, 3.05) is 5.32 Å². The average molecular weight is 340 g/mol. The van der Waals surface area contributed by atoms with Gasteiger partial charge in [0.1, 0.15) is 17.9 Å². The number of fused-ring (bicyclic) bond motifs is 1. The van der Waals surface area contributed by atoms with Gasteiger partial charge in [0, 0.05) is 5.39 Å². The quantitative estimate of drug-likeness (QED) is 0.442. The maximum atomic E-state index is 12.0. The number of nitrogens with one attached hydrogen (secondary N) is 1. The zero-order chi connectivity index (χ0) is 17.8. The second kappa shape index (κ2) is 6.83. The summed E-state index contributed by atoms with van der Waals surface area (Å²) in [7, 11) is 0. The monoisotopic (exact) mass is 340 g/mol. The number of hydrogen-bond acceptors (Lipinski definition) is 6. The zero-order valence-corrected chi connectivity index (χ0v) is 12.8. The van der Waals surface area contributed by atoms with Gasteiger partial charge in [-0.15, -0.1) is 0 Å². The van der Waals surface area contributed by atoms with Crippen molar-refractivity contribution in [1.82, 2.24) is 0 Å². The Labute approximate surface area is 140 Å². The van der Waals surface area contributed by atoms with Gasteiger partial charge in [-0.05, 0) is 17.7 Å². The Bertz CT molecular complexity index is 997. The van der Waals surface area contributed by atoms with Crippen LogP contribution in [0.4, 0.5) is 16.2 Å². The van der Waals surface area contributed by atoms with Crippen LogP contribution in [0.2, 0.25) is 0 Å². The van der Waals surface area contributed by atoms with Gasteiger partial charge < -0.3 is 9.15 Å². The Kier molecular flexibility index (Phi) is 4.42. The molecule has 0 atom stereocenters. The molecule has 1 N–H and O–H groups in total. The van der Waals surface area contributed by atoms with Crippen molar-refractivity contribution in [2.45, 2.75) is 6.61 Å². The Morgan fingerprint density at radius 2 is 1.80 bits per heavy atom. The largest absolute Gasteiger partial charge is 0.444 e. The Morgan fingerprint density at radius 3 is 2.52 bits per heavy atom. The van der Waals surface area contributed by atoms with Crippen LogP contribution in [0.15, 0.2) is 63.8 Å². The summed E-state index contributed by atoms with van der Waals surface area (Å²) in [6.45, 7) is -0.0140. The van der Waals surface area contributed by atoms with Gasteiger partial charge in [0.05, 0.1) is 4.92 Å². The van der Waals surface area contributed by atoms with Crippen LogP contribution >= 0.6 is 0 Å². The number of para-hydroxylation sites is 1. The molecule has 0 unspecified atom stereocenters. The number of nitro groups is 1. The highest BCUT2D eigenvalue weighted by molar-refractivity contribution is 6.01. The first-order chi connectivity index (χ1) is 12.1. The molecule has 0 aliphatic rings. The van der Waals surface area contributed by atoms with E-state index in [1.54, 1.807) is 36.4 Å². The molecule has 1 aromatic heterocycles. The van der Waals surface area contributed by atoms with E-state index in [1.807, 2.05) is 6.07 Å². The number of anilines is 1. The normalized spacial score (nSPS) is 10.4. The summed E-state index contributed by atoms with van der Waals surface area (Å²) in [6.07, 6.45) is -0.914. The molecule has 8 heteroatoms. The number of hydrogen-bond donors (Lipinski definition) is 1. The lowest BCUT2D eigenvalue weighted by Crippen LogP contribution is -2.18. The second-order valence-corrected chi connectivity index (χ2v) is 5.05. The molecule has 25 heavy (non-hydrogen) atoms. The van der Waals surface area contributed by atoms with Crippen molar-refractivity contribution in [3.05, 3.63) is 80.7 Å². The SMILES string of the molecule is O=C(Nc1c([N+](=O)[O-])c(=O)oc2ccccc12)OCc1ccccc1. The molecule has 2 aromatic carbocycles. The molecule has 0 bridgehead atoms. The van der Waals surface area contributed by atoms with Crippen LogP contribution < -0.4 is 10.9 Å². The third-order valence-corrected chi connectivity index (χ3v) is 3.41. The van der Waals surface area contributed by atoms with E-state index in [1.165, 1.54) is 12.1 Å². The molecule has 0 radical (unpaired) electrons. The van der Waals surface area contributed by atoms with Gasteiger partial charge in [-0.2, -0.15) is 0 Å². The Morgan fingerprint density at radius 1 is 1.12 bits per heavy atom. The van der Waals surface area contributed by atoms with Gasteiger partial charge in [-0.1, -0.05) is 42.5 Å². The van der Waals surface area contributed by atoms with E-state index >= 15 is 0 Å². The highest BCUT2D eigenvalue weighted by Crippen LogP contribution is 2.29. The summed E-state index contributed by atoms with van der Waals surface area (Å²) >= 11 is 0. The summed E-state index contributed by atoms with van der Waals surface area (Å²) in [6, 6.07) is 15.1. The number of rotatable bonds is 4. The standard InChI is InChI=1S/C17H12N2O6/c20-16-15(19(22)23)14(12-8-4-5-9-13(12)25-16)18-17(21)24-10-11-6-2-1-3-7-11/h1-9H,10H2,(H,18,21). The third kappa shape index (κ3) is 3.47. The third-order valence-electron chi connectivity index (χ3n) is 3.41. The van der Waals surface area contributed by atoms with Crippen LogP contribution in [-0.4, -0.2) is 11.0 Å². The Balaban J connectivity index is 1.91. The van der Waals surface area contributed by atoms with Gasteiger partial charge in [-0.25, -0.2) is 9.59 Å². The smallest absolute Gasteiger partial charge is 0.417 e. The second-order valence-electron chi connectivity index (χ2n) is 5.05. The average Bonchev–Trinajstić information content (AvgIpc) is 2.60. The van der Waals surface area contributed by atoms with E-state index in [2.05, 4.69) is 5.32 Å². The molecule has 0 saturated heterocycles. The minimum absolute atomic E-state index is 0.0140. The molecule has 126 valence electrons. The highest BCUT2D eigenvalue weighted by Gasteiger charge is 2.26. The van der Waals surface area contributed by atoms with E-state index < -0.39 is 22.3 Å². The van der Waals surface area contributed by atoms with E-state index in [-0.39, 0.29) is 23.3 Å². The maximum Gasteiger partial charge on any atom is 0.417 e. The lowest BCUT2D eigenvalue weighted by molar-refractivity contribution is -0.386. The van der Waals surface area contributed by atoms with Crippen LogP contribution in [0.3, 0.4) is 0 Å². The van der Waals surface area contributed by atoms with Gasteiger partial charge >= 0.3 is 17.4 Å². The molecule has 1 heterocycles. The maximum absolute atomic E-state index is 12.0. The first kappa shape index (κ1) is 16.2. The van der Waals surface area contributed by atoms with E-state index in [9.17, 15) is 19.7 Å². The molecule has 0 aliphatic heterocycles. The number of benzene rings is 2. The fraction of sp³-hybridized carbons (Fsp3) is 0.0588. The predicted octanol–water partition coefficient (Wildman–Crippen LogP) is 3.45. The van der Waals surface area contributed by atoms with Gasteiger partial charge in [0.15, 0.2) is 0 Å². The van der Waals surface area contributed by atoms with Crippen molar-refractivity contribution in [1.29, 1.82) is 0 Å².